The topological polar surface area (TPSA) is 62.5 Å². The normalized spacial score (nSPS) is 24.7. The summed E-state index contributed by atoms with van der Waals surface area (Å²) in [6.07, 6.45) is 3.27. The van der Waals surface area contributed by atoms with Crippen molar-refractivity contribution in [3.8, 4) is 0 Å². The maximum atomic E-state index is 12.8. The second kappa shape index (κ2) is 6.69. The van der Waals surface area contributed by atoms with E-state index >= 15 is 0 Å². The Balaban J connectivity index is 1.40. The van der Waals surface area contributed by atoms with Crippen molar-refractivity contribution in [2.45, 2.75) is 19.3 Å². The molecule has 2 aliphatic rings. The molecule has 1 aliphatic heterocycles. The smallest absolute Gasteiger partial charge is 0.226 e. The quantitative estimate of drug-likeness (QED) is 0.928. The number of thiazole rings is 1. The molecule has 2 N–H and O–H groups in total. The molecule has 1 aromatic heterocycles. The van der Waals surface area contributed by atoms with Crippen molar-refractivity contribution in [3.05, 3.63) is 24.3 Å². The van der Waals surface area contributed by atoms with Gasteiger partial charge in [-0.05, 0) is 37.4 Å². The lowest BCUT2D eigenvalue weighted by molar-refractivity contribution is -0.136. The molecule has 2 aromatic rings. The molecule has 24 heavy (non-hydrogen) atoms. The van der Waals surface area contributed by atoms with Crippen LogP contribution in [0.1, 0.15) is 19.3 Å². The second-order valence-corrected chi connectivity index (χ2v) is 7.82. The van der Waals surface area contributed by atoms with E-state index in [0.29, 0.717) is 18.4 Å². The predicted octanol–water partition coefficient (Wildman–Crippen LogP) is 2.32. The lowest BCUT2D eigenvalue weighted by Gasteiger charge is -2.36. The minimum Gasteiger partial charge on any atom is -0.345 e. The molecule has 2 fully saturated rings. The van der Waals surface area contributed by atoms with Gasteiger partial charge in [0.15, 0.2) is 5.13 Å². The highest BCUT2D eigenvalue weighted by molar-refractivity contribution is 7.22. The molecule has 1 saturated carbocycles. The van der Waals surface area contributed by atoms with Gasteiger partial charge in [0, 0.05) is 32.1 Å². The van der Waals surface area contributed by atoms with Crippen LogP contribution in [0.2, 0.25) is 0 Å². The Labute approximate surface area is 146 Å². The zero-order chi connectivity index (χ0) is 16.5. The number of nitrogens with two attached hydrogens (primary N) is 1. The van der Waals surface area contributed by atoms with Crippen LogP contribution in [0, 0.1) is 11.8 Å². The fourth-order valence-corrected chi connectivity index (χ4v) is 5.01. The number of fused-ring (bicyclic) bond motifs is 1. The third kappa shape index (κ3) is 2.89. The number of hydrogen-bond acceptors (Lipinski definition) is 5. The van der Waals surface area contributed by atoms with Crippen LogP contribution in [-0.4, -0.2) is 48.5 Å². The van der Waals surface area contributed by atoms with Gasteiger partial charge >= 0.3 is 0 Å². The Morgan fingerprint density at radius 3 is 2.75 bits per heavy atom. The van der Waals surface area contributed by atoms with Gasteiger partial charge in [-0.3, -0.25) is 4.79 Å². The molecule has 1 amide bonds. The summed E-state index contributed by atoms with van der Waals surface area (Å²) in [7, 11) is 0. The number of nitrogens with zero attached hydrogens (tertiary/aromatic N) is 3. The van der Waals surface area contributed by atoms with E-state index in [4.69, 9.17) is 10.7 Å². The lowest BCUT2D eigenvalue weighted by atomic mass is 9.94. The first-order valence-electron chi connectivity index (χ1n) is 8.85. The fraction of sp³-hybridized carbons (Fsp3) is 0.556. The first kappa shape index (κ1) is 15.8. The van der Waals surface area contributed by atoms with E-state index in [1.54, 1.807) is 11.3 Å². The molecule has 1 aliphatic carbocycles. The van der Waals surface area contributed by atoms with E-state index in [1.807, 2.05) is 11.0 Å². The second-order valence-electron chi connectivity index (χ2n) is 6.81. The lowest BCUT2D eigenvalue weighted by Crippen LogP contribution is -2.51. The number of carbonyl (C=O) groups is 1. The molecule has 0 unspecified atom stereocenters. The van der Waals surface area contributed by atoms with Crippen LogP contribution in [0.15, 0.2) is 24.3 Å². The van der Waals surface area contributed by atoms with Crippen LogP contribution in [-0.2, 0) is 4.79 Å². The predicted molar refractivity (Wildman–Crippen MR) is 98.3 cm³/mol. The van der Waals surface area contributed by atoms with Gasteiger partial charge in [0.05, 0.1) is 10.2 Å². The van der Waals surface area contributed by atoms with Crippen molar-refractivity contribution in [1.29, 1.82) is 0 Å². The van der Waals surface area contributed by atoms with Crippen LogP contribution in [0.25, 0.3) is 10.2 Å². The summed E-state index contributed by atoms with van der Waals surface area (Å²) in [5.41, 5.74) is 6.90. The number of aromatic nitrogens is 1. The number of amides is 1. The van der Waals surface area contributed by atoms with Crippen LogP contribution < -0.4 is 10.6 Å². The van der Waals surface area contributed by atoms with Gasteiger partial charge in [0.2, 0.25) is 5.91 Å². The zero-order valence-electron chi connectivity index (χ0n) is 13.9. The summed E-state index contributed by atoms with van der Waals surface area (Å²) in [5, 5.41) is 1.07. The Bertz CT molecular complexity index is 690. The Morgan fingerprint density at radius 2 is 2.00 bits per heavy atom. The molecule has 1 aromatic carbocycles. The maximum absolute atomic E-state index is 12.8. The minimum atomic E-state index is 0.156. The molecule has 6 heteroatoms. The third-order valence-electron chi connectivity index (χ3n) is 5.42. The zero-order valence-corrected chi connectivity index (χ0v) is 14.7. The van der Waals surface area contributed by atoms with Gasteiger partial charge in [-0.25, -0.2) is 4.98 Å². The van der Waals surface area contributed by atoms with E-state index in [9.17, 15) is 4.79 Å². The van der Waals surface area contributed by atoms with Gasteiger partial charge in [0.25, 0.3) is 0 Å². The molecule has 0 spiro atoms. The summed E-state index contributed by atoms with van der Waals surface area (Å²) in [4.78, 5) is 21.9. The first-order valence-corrected chi connectivity index (χ1v) is 9.67. The Kier molecular flexibility index (Phi) is 4.41. The monoisotopic (exact) mass is 344 g/mol. The van der Waals surface area contributed by atoms with E-state index < -0.39 is 0 Å². The summed E-state index contributed by atoms with van der Waals surface area (Å²) in [6, 6.07) is 8.25. The van der Waals surface area contributed by atoms with E-state index in [0.717, 1.165) is 56.1 Å². The Hall–Kier alpha value is -1.66. The summed E-state index contributed by atoms with van der Waals surface area (Å²) in [5.74, 6) is 0.871. The van der Waals surface area contributed by atoms with Gasteiger partial charge < -0.3 is 15.5 Å². The molecular weight excluding hydrogens is 320 g/mol. The molecule has 4 rings (SSSR count). The summed E-state index contributed by atoms with van der Waals surface area (Å²) >= 11 is 1.74. The molecule has 0 radical (unpaired) electrons. The average Bonchev–Trinajstić information content (AvgIpc) is 3.27. The largest absolute Gasteiger partial charge is 0.345 e. The number of rotatable bonds is 3. The highest BCUT2D eigenvalue weighted by Gasteiger charge is 2.35. The highest BCUT2D eigenvalue weighted by atomic mass is 32.1. The molecule has 2 heterocycles. The van der Waals surface area contributed by atoms with Gasteiger partial charge in [-0.1, -0.05) is 29.9 Å². The maximum Gasteiger partial charge on any atom is 0.226 e. The first-order chi connectivity index (χ1) is 11.8. The van der Waals surface area contributed by atoms with Crippen LogP contribution in [0.4, 0.5) is 5.13 Å². The van der Waals surface area contributed by atoms with Crippen molar-refractivity contribution in [2.24, 2.45) is 17.6 Å². The number of carbonyl (C=O) groups excluding carboxylic acids is 1. The average molecular weight is 344 g/mol. The summed E-state index contributed by atoms with van der Waals surface area (Å²) < 4.78 is 1.22. The van der Waals surface area contributed by atoms with Gasteiger partial charge in [-0.2, -0.15) is 0 Å². The fourth-order valence-electron chi connectivity index (χ4n) is 3.99. The molecular formula is C18H24N4OS. The van der Waals surface area contributed by atoms with E-state index in [2.05, 4.69) is 23.1 Å². The number of para-hydroxylation sites is 1. The van der Waals surface area contributed by atoms with Gasteiger partial charge in [-0.15, -0.1) is 0 Å². The molecule has 128 valence electrons. The molecule has 5 nitrogen and oxygen atoms in total. The Morgan fingerprint density at radius 1 is 1.21 bits per heavy atom. The van der Waals surface area contributed by atoms with E-state index in [-0.39, 0.29) is 5.92 Å². The van der Waals surface area contributed by atoms with Crippen molar-refractivity contribution in [2.75, 3.05) is 37.6 Å². The minimum absolute atomic E-state index is 0.156. The van der Waals surface area contributed by atoms with Crippen LogP contribution in [0.5, 0.6) is 0 Å². The van der Waals surface area contributed by atoms with E-state index in [1.165, 1.54) is 4.70 Å². The number of hydrogen-bond donors (Lipinski definition) is 1. The number of piperazine rings is 1. The highest BCUT2D eigenvalue weighted by Crippen LogP contribution is 2.33. The standard InChI is InChI=1S/C18H24N4OS/c19-12-13-4-3-5-14(13)17(23)21-8-10-22(11-9-21)18-20-15-6-1-2-7-16(15)24-18/h1-2,6-7,13-14H,3-5,8-12,19H2/t13-,14-/m1/s1. The number of anilines is 1. The van der Waals surface area contributed by atoms with Crippen molar-refractivity contribution < 1.29 is 4.79 Å². The van der Waals surface area contributed by atoms with Crippen molar-refractivity contribution in [3.63, 3.8) is 0 Å². The third-order valence-corrected chi connectivity index (χ3v) is 6.52. The van der Waals surface area contributed by atoms with Crippen molar-refractivity contribution in [1.82, 2.24) is 9.88 Å². The molecule has 2 atom stereocenters. The van der Waals surface area contributed by atoms with Gasteiger partial charge in [0.1, 0.15) is 0 Å². The number of benzene rings is 1. The molecule has 0 bridgehead atoms. The van der Waals surface area contributed by atoms with Crippen LogP contribution >= 0.6 is 11.3 Å². The SMILES string of the molecule is NC[C@H]1CCC[C@H]1C(=O)N1CCN(c2nc3ccccc3s2)CC1. The molecule has 1 saturated heterocycles. The van der Waals surface area contributed by atoms with Crippen molar-refractivity contribution >= 4 is 32.6 Å². The summed E-state index contributed by atoms with van der Waals surface area (Å²) in [6.45, 7) is 3.96. The van der Waals surface area contributed by atoms with Crippen LogP contribution in [0.3, 0.4) is 0 Å².